The van der Waals surface area contributed by atoms with Crippen molar-refractivity contribution in [1.82, 2.24) is 36.8 Å². The summed E-state index contributed by atoms with van der Waals surface area (Å²) in [5, 5.41) is 15.4. The third kappa shape index (κ3) is 34.6. The molecule has 0 spiro atoms. The van der Waals surface area contributed by atoms with Crippen molar-refractivity contribution in [3.8, 4) is 22.3 Å². The van der Waals surface area contributed by atoms with E-state index in [2.05, 4.69) is 44.0 Å². The molecule has 8 atom stereocenters. The van der Waals surface area contributed by atoms with Crippen LogP contribution in [-0.4, -0.2) is 150 Å². The van der Waals surface area contributed by atoms with Gasteiger partial charge < -0.3 is 65.2 Å². The first-order valence-corrected chi connectivity index (χ1v) is 49.7. The highest BCUT2D eigenvalue weighted by Gasteiger charge is 2.40. The van der Waals surface area contributed by atoms with Gasteiger partial charge in [0.2, 0.25) is 0 Å². The summed E-state index contributed by atoms with van der Waals surface area (Å²) in [5.41, 5.74) is 10.8. The lowest BCUT2D eigenvalue weighted by Gasteiger charge is -2.32. The molecule has 0 unspecified atom stereocenters. The van der Waals surface area contributed by atoms with Gasteiger partial charge in [0.15, 0.2) is 46.3 Å². The predicted octanol–water partition coefficient (Wildman–Crippen LogP) is 20.0. The van der Waals surface area contributed by atoms with Gasteiger partial charge in [0.1, 0.15) is 38.9 Å². The van der Waals surface area contributed by atoms with Crippen molar-refractivity contribution < 1.29 is 105 Å². The Morgan fingerprint density at radius 1 is 0.326 bits per heavy atom. The van der Waals surface area contributed by atoms with E-state index in [1.165, 1.54) is 70.3 Å². The number of ketones is 8. The van der Waals surface area contributed by atoms with Crippen molar-refractivity contribution in [2.45, 2.75) is 269 Å². The highest BCUT2D eigenvalue weighted by Crippen LogP contribution is 2.32. The first-order chi connectivity index (χ1) is 68.3. The third-order valence-electron chi connectivity index (χ3n) is 27.0. The SMILES string of the molecule is C[C@@H]1CC(=O)[C@H]1NC(=O)OCCCCC1CCCCC1.C[C@@H]1CC(=O)[C@H]1NC(=O)OCc1ccc(-c2ccccc2)cc1.O=C(N[C@H]1CCC1=O)OCc1ccc(-c2ccccc2F)cc1.O=C(N[C@H]1CCC1=O)OCc1ccc(C(=O)CC2CCCCC2)cc1.O=C(N[C@H]1CCC1=O)OCc1ccc(C(=O)CCc2ccccc2)cc1.O=C(N[C@H]1CCC1=O)OCc1ccc(C(=O)N2CCCCC2)cc1. The quantitative estimate of drug-likeness (QED) is 0.0133. The minimum atomic E-state index is -0.596. The second-order valence-electron chi connectivity index (χ2n) is 37.6. The number of halogens is 1. The van der Waals surface area contributed by atoms with Gasteiger partial charge in [0.25, 0.3) is 5.91 Å². The van der Waals surface area contributed by atoms with Gasteiger partial charge in [-0.3, -0.25) is 43.2 Å². The van der Waals surface area contributed by atoms with E-state index >= 15 is 0 Å². The van der Waals surface area contributed by atoms with Crippen LogP contribution >= 0.6 is 0 Å². The molecule has 141 heavy (non-hydrogen) atoms. The minimum absolute atomic E-state index is 0.0381. The van der Waals surface area contributed by atoms with Crippen LogP contribution in [0.1, 0.15) is 258 Å². The number of aryl methyl sites for hydroxylation is 1. The zero-order valence-electron chi connectivity index (χ0n) is 80.5. The van der Waals surface area contributed by atoms with Crippen LogP contribution in [0.3, 0.4) is 0 Å². The molecule has 7 amide bonds. The molecule has 8 aromatic rings. The van der Waals surface area contributed by atoms with E-state index in [0.717, 1.165) is 113 Å². The molecule has 0 bridgehead atoms. The van der Waals surface area contributed by atoms with Crippen LogP contribution in [0.25, 0.3) is 22.3 Å². The summed E-state index contributed by atoms with van der Waals surface area (Å²) in [6, 6.07) is 60.7. The molecule has 0 radical (unpaired) electrons. The van der Waals surface area contributed by atoms with Crippen molar-refractivity contribution >= 4 is 88.7 Å². The van der Waals surface area contributed by atoms with Crippen LogP contribution in [0.15, 0.2) is 206 Å². The Hall–Kier alpha value is -13.9. The predicted molar refractivity (Wildman–Crippen MR) is 526 cm³/mol. The maximum absolute atomic E-state index is 13.7. The number of unbranched alkanes of at least 4 members (excludes halogenated alkanes) is 1. The summed E-state index contributed by atoms with van der Waals surface area (Å²) in [6.07, 6.45) is 24.1. The van der Waals surface area contributed by atoms with Gasteiger partial charge in [-0.2, -0.15) is 0 Å². The van der Waals surface area contributed by atoms with Crippen LogP contribution in [0, 0.1) is 29.5 Å². The molecule has 8 aliphatic carbocycles. The maximum atomic E-state index is 13.7. The Morgan fingerprint density at radius 2 is 0.674 bits per heavy atom. The highest BCUT2D eigenvalue weighted by atomic mass is 19.1. The summed E-state index contributed by atoms with van der Waals surface area (Å²) < 4.78 is 44.4. The summed E-state index contributed by atoms with van der Waals surface area (Å²) in [4.78, 5) is 176. The first-order valence-electron chi connectivity index (χ1n) is 49.7. The van der Waals surface area contributed by atoms with Crippen molar-refractivity contribution in [2.24, 2.45) is 23.7 Å². The maximum Gasteiger partial charge on any atom is 0.408 e. The number of rotatable bonds is 31. The molecule has 6 N–H and O–H groups in total. The smallest absolute Gasteiger partial charge is 0.408 e. The Balaban J connectivity index is 0.000000152. The van der Waals surface area contributed by atoms with E-state index in [-0.39, 0.29) is 127 Å². The lowest BCUT2D eigenvalue weighted by atomic mass is 9.80. The summed E-state index contributed by atoms with van der Waals surface area (Å²) in [7, 11) is 0. The average Bonchev–Trinajstić information content (AvgIpc) is 0.827. The van der Waals surface area contributed by atoms with Crippen LogP contribution in [-0.2, 0) is 96.6 Å². The van der Waals surface area contributed by atoms with Gasteiger partial charge >= 0.3 is 36.6 Å². The molecule has 29 heteroatoms. The van der Waals surface area contributed by atoms with E-state index in [0.29, 0.717) is 113 Å². The summed E-state index contributed by atoms with van der Waals surface area (Å²) in [6.45, 7) is 6.66. The lowest BCUT2D eigenvalue weighted by Crippen LogP contribution is -2.53. The zero-order chi connectivity index (χ0) is 99.8. The third-order valence-corrected chi connectivity index (χ3v) is 27.0. The molecular formula is C112H130FN7O21. The van der Waals surface area contributed by atoms with E-state index in [9.17, 15) is 76.3 Å². The average molecular weight is 1930 g/mol. The lowest BCUT2D eigenvalue weighted by molar-refractivity contribution is -0.130. The van der Waals surface area contributed by atoms with Crippen LogP contribution in [0.2, 0.25) is 0 Å². The molecule has 1 saturated heterocycles. The van der Waals surface area contributed by atoms with Crippen molar-refractivity contribution in [2.75, 3.05) is 19.7 Å². The molecule has 8 aromatic carbocycles. The van der Waals surface area contributed by atoms with E-state index in [1.54, 1.807) is 103 Å². The number of nitrogens with one attached hydrogen (secondary N) is 6. The topological polar surface area (TPSA) is 387 Å². The number of alkyl carbamates (subject to hydrolysis) is 6. The fourth-order valence-corrected chi connectivity index (χ4v) is 17.4. The summed E-state index contributed by atoms with van der Waals surface area (Å²) in [5.74, 6) is 2.30. The monoisotopic (exact) mass is 1930 g/mol. The molecule has 1 heterocycles. The molecule has 746 valence electrons. The second-order valence-corrected chi connectivity index (χ2v) is 37.6. The molecule has 9 fully saturated rings. The highest BCUT2D eigenvalue weighted by molar-refractivity contribution is 5.99. The Labute approximate surface area is 822 Å². The number of benzene rings is 8. The first kappa shape index (κ1) is 106. The van der Waals surface area contributed by atoms with Gasteiger partial charge in [-0.25, -0.2) is 33.2 Å². The number of hydrogen-bond donors (Lipinski definition) is 6. The fraction of sp³-hybridized carbons (Fsp3) is 0.438. The van der Waals surface area contributed by atoms with Gasteiger partial charge in [-0.1, -0.05) is 273 Å². The molecule has 28 nitrogen and oxygen atoms in total. The number of piperidine rings is 1. The minimum Gasteiger partial charge on any atom is -0.450 e. The fourth-order valence-electron chi connectivity index (χ4n) is 17.4. The summed E-state index contributed by atoms with van der Waals surface area (Å²) >= 11 is 0. The number of carbonyl (C=O) groups excluding carboxylic acids is 15. The van der Waals surface area contributed by atoms with Crippen LogP contribution in [0.4, 0.5) is 33.2 Å². The number of amides is 7. The normalized spacial score (nSPS) is 19.8. The van der Waals surface area contributed by atoms with Gasteiger partial charge in [-0.15, -0.1) is 0 Å². The number of likely N-dealkylation sites (tertiary alicyclic amines) is 1. The number of Topliss-reactive ketones (excluding diaryl/α,β-unsaturated/α-hetero) is 8. The van der Waals surface area contributed by atoms with Crippen LogP contribution < -0.4 is 31.9 Å². The molecule has 8 saturated carbocycles. The Morgan fingerprint density at radius 3 is 1.06 bits per heavy atom. The van der Waals surface area contributed by atoms with Crippen LogP contribution in [0.5, 0.6) is 0 Å². The largest absolute Gasteiger partial charge is 0.450 e. The van der Waals surface area contributed by atoms with E-state index in [1.807, 2.05) is 104 Å². The van der Waals surface area contributed by atoms with E-state index < -0.39 is 48.6 Å². The number of ether oxygens (including phenoxy) is 6. The Bertz CT molecular complexity index is 5530. The standard InChI is InChI=1S/C21H21NO4.C20H25NO4.C19H19NO3.C18H16FNO3.C18H22N2O4.C16H27NO3/c23-19(12-8-15-4-2-1-3-5-15)17-9-6-16(7-10-17)14-26-21(25)22-18-11-13-20(18)24;22-18-11-10-17(18)21-20(24)25-13-15-6-8-16(9-7-15)19(23)12-14-4-2-1-3-5-14;1-13-11-17(21)18(13)20-19(22)23-12-14-7-9-16(10-8-14)15-5-3-2-4-6-15;19-15-4-2-1-3-14(15)13-7-5-12(6-8-13)11-23-18(22)20-16-9-10-17(16)21;21-16-9-8-15(16)19-18(23)24-12-13-4-6-14(7-5-13)17(22)20-10-2-1-3-11-20;1-12-11-14(18)15(12)17-16(19)20-10-6-5-9-13-7-3-2-4-8-13/h1-7,9-10,18H,8,11-14H2,(H,22,25);6-9,14,17H,1-5,10-13H2,(H,21,24);2-10,13,18H,11-12H2,1H3,(H,20,22);1-8,16H,9-11H2,(H,20,22);4-7,15H,1-3,8-12H2,(H,19,23);12-13,15H,2-11H2,1H3,(H,17,19)/t18-;17-;13-,18+;16-;15-;12-,15+/m001001/s1. The number of nitrogens with zero attached hydrogens (tertiary/aromatic N) is 1. The molecule has 0 aromatic heterocycles. The van der Waals surface area contributed by atoms with Crippen molar-refractivity contribution in [1.29, 1.82) is 0 Å². The molecule has 1 aliphatic heterocycles. The van der Waals surface area contributed by atoms with Crippen molar-refractivity contribution in [3.05, 3.63) is 262 Å². The zero-order valence-corrected chi connectivity index (χ0v) is 80.5. The number of hydrogen-bond acceptors (Lipinski definition) is 21. The Kier molecular flexibility index (Phi) is 41.5. The molecular weight excluding hydrogens is 1800 g/mol. The molecule has 9 aliphatic rings. The van der Waals surface area contributed by atoms with Gasteiger partial charge in [0.05, 0.1) is 42.9 Å². The number of carbonyl (C=O) groups is 15. The molecule has 17 rings (SSSR count). The van der Waals surface area contributed by atoms with Gasteiger partial charge in [-0.05, 0) is 156 Å². The second kappa shape index (κ2) is 55.2. The van der Waals surface area contributed by atoms with E-state index in [4.69, 9.17) is 28.4 Å². The van der Waals surface area contributed by atoms with Gasteiger partial charge in [0, 0.05) is 86.7 Å². The van der Waals surface area contributed by atoms with Crippen molar-refractivity contribution in [3.63, 3.8) is 0 Å².